The molecule has 5 aromatic rings. The average Bonchev–Trinajstić information content (AvgIpc) is 3.39. The van der Waals surface area contributed by atoms with Gasteiger partial charge in [-0.15, -0.1) is 12.4 Å². The molecule has 3 aromatic carbocycles. The molecule has 6 rings (SSSR count). The van der Waals surface area contributed by atoms with Crippen LogP contribution in [0.15, 0.2) is 85.2 Å². The summed E-state index contributed by atoms with van der Waals surface area (Å²) in [7, 11) is 0. The highest BCUT2D eigenvalue weighted by Gasteiger charge is 2.23. The van der Waals surface area contributed by atoms with E-state index >= 15 is 0 Å². The van der Waals surface area contributed by atoms with Crippen molar-refractivity contribution >= 4 is 58.3 Å². The SMILES string of the molecule is Cl.O[C@H](CNc1ncnc2c1nc(-c1ccccc1)n2-c1ccccc1)CN1CCN(c2cccc(Cl)c2Cl)CC1. The molecule has 1 aliphatic rings. The van der Waals surface area contributed by atoms with E-state index in [9.17, 15) is 5.11 Å². The molecule has 0 spiro atoms. The molecule has 1 aliphatic heterocycles. The Bertz CT molecular complexity index is 1590. The number of hydrogen-bond donors (Lipinski definition) is 2. The van der Waals surface area contributed by atoms with Crippen molar-refractivity contribution in [2.24, 2.45) is 0 Å². The highest BCUT2D eigenvalue weighted by molar-refractivity contribution is 6.43. The van der Waals surface area contributed by atoms with Crippen LogP contribution in [-0.4, -0.2) is 74.9 Å². The van der Waals surface area contributed by atoms with Gasteiger partial charge in [0.1, 0.15) is 12.2 Å². The van der Waals surface area contributed by atoms with E-state index in [1.165, 1.54) is 6.33 Å². The first-order valence-corrected chi connectivity index (χ1v) is 14.0. The van der Waals surface area contributed by atoms with E-state index in [0.717, 1.165) is 48.9 Å². The van der Waals surface area contributed by atoms with E-state index in [1.807, 2.05) is 77.4 Å². The lowest BCUT2D eigenvalue weighted by Gasteiger charge is -2.37. The molecule has 41 heavy (non-hydrogen) atoms. The van der Waals surface area contributed by atoms with Crippen LogP contribution in [0.25, 0.3) is 28.2 Å². The second kappa shape index (κ2) is 13.1. The monoisotopic (exact) mass is 609 g/mol. The van der Waals surface area contributed by atoms with E-state index in [2.05, 4.69) is 25.1 Å². The number of rotatable bonds is 8. The van der Waals surface area contributed by atoms with Gasteiger partial charge < -0.3 is 15.3 Å². The maximum atomic E-state index is 10.9. The summed E-state index contributed by atoms with van der Waals surface area (Å²) < 4.78 is 2.04. The van der Waals surface area contributed by atoms with Crippen molar-refractivity contribution in [1.82, 2.24) is 24.4 Å². The number of fused-ring (bicyclic) bond motifs is 1. The molecule has 11 heteroatoms. The Morgan fingerprint density at radius 2 is 1.56 bits per heavy atom. The van der Waals surface area contributed by atoms with Gasteiger partial charge in [0.2, 0.25) is 0 Å². The largest absolute Gasteiger partial charge is 0.390 e. The third-order valence-corrected chi connectivity index (χ3v) is 7.92. The summed E-state index contributed by atoms with van der Waals surface area (Å²) in [5, 5.41) is 15.4. The number of nitrogens with one attached hydrogen (secondary N) is 1. The molecule has 2 N–H and O–H groups in total. The molecule has 1 fully saturated rings. The van der Waals surface area contributed by atoms with Crippen molar-refractivity contribution in [3.8, 4) is 17.1 Å². The predicted octanol–water partition coefficient (Wildman–Crippen LogP) is 5.81. The summed E-state index contributed by atoms with van der Waals surface area (Å²) in [4.78, 5) is 18.5. The first-order valence-electron chi connectivity index (χ1n) is 13.3. The quantitative estimate of drug-likeness (QED) is 0.230. The molecule has 0 aliphatic carbocycles. The van der Waals surface area contributed by atoms with Crippen LogP contribution < -0.4 is 10.2 Å². The van der Waals surface area contributed by atoms with Crippen LogP contribution in [0, 0.1) is 0 Å². The minimum absolute atomic E-state index is 0. The summed E-state index contributed by atoms with van der Waals surface area (Å²) in [6.07, 6.45) is 0.948. The van der Waals surface area contributed by atoms with E-state index in [-0.39, 0.29) is 12.4 Å². The fourth-order valence-electron chi connectivity index (χ4n) is 5.11. The van der Waals surface area contributed by atoms with Gasteiger partial charge in [0.15, 0.2) is 17.0 Å². The number of β-amino-alcohol motifs (C(OH)–C–C–N with tert-alkyl or cyclic N) is 1. The smallest absolute Gasteiger partial charge is 0.170 e. The molecule has 1 atom stereocenters. The fourth-order valence-corrected chi connectivity index (χ4v) is 5.52. The van der Waals surface area contributed by atoms with Crippen molar-refractivity contribution in [2.45, 2.75) is 6.10 Å². The van der Waals surface area contributed by atoms with Gasteiger partial charge in [-0.3, -0.25) is 9.47 Å². The number of halogens is 3. The predicted molar refractivity (Wildman–Crippen MR) is 169 cm³/mol. The van der Waals surface area contributed by atoms with Crippen molar-refractivity contribution in [3.63, 3.8) is 0 Å². The van der Waals surface area contributed by atoms with Gasteiger partial charge in [-0.1, -0.05) is 77.8 Å². The molecule has 3 heterocycles. The lowest BCUT2D eigenvalue weighted by Crippen LogP contribution is -2.49. The third-order valence-electron chi connectivity index (χ3n) is 7.11. The van der Waals surface area contributed by atoms with Crippen molar-refractivity contribution in [2.75, 3.05) is 49.5 Å². The lowest BCUT2D eigenvalue weighted by molar-refractivity contribution is 0.118. The molecule has 0 bridgehead atoms. The number of piperazine rings is 1. The Balaban J connectivity index is 0.00000337. The minimum atomic E-state index is -0.587. The fraction of sp³-hybridized carbons (Fsp3) is 0.233. The number of aliphatic hydroxyl groups is 1. The van der Waals surface area contributed by atoms with Crippen molar-refractivity contribution in [1.29, 1.82) is 0 Å². The summed E-state index contributed by atoms with van der Waals surface area (Å²) in [6, 6.07) is 25.8. The normalized spacial score (nSPS) is 14.6. The summed E-state index contributed by atoms with van der Waals surface area (Å²) in [6.45, 7) is 4.15. The summed E-state index contributed by atoms with van der Waals surface area (Å²) >= 11 is 12.6. The van der Waals surface area contributed by atoms with Gasteiger partial charge >= 0.3 is 0 Å². The molecule has 0 radical (unpaired) electrons. The van der Waals surface area contributed by atoms with Crippen LogP contribution in [0.4, 0.5) is 11.5 Å². The number of nitrogens with zero attached hydrogens (tertiary/aromatic N) is 6. The van der Waals surface area contributed by atoms with E-state index in [1.54, 1.807) is 6.07 Å². The highest BCUT2D eigenvalue weighted by atomic mass is 35.5. The Morgan fingerprint density at radius 3 is 2.29 bits per heavy atom. The second-order valence-corrected chi connectivity index (χ2v) is 10.5. The molecular weight excluding hydrogens is 581 g/mol. The number of hydrogen-bond acceptors (Lipinski definition) is 7. The maximum Gasteiger partial charge on any atom is 0.170 e. The zero-order valence-electron chi connectivity index (χ0n) is 22.2. The van der Waals surface area contributed by atoms with E-state index in [4.69, 9.17) is 28.2 Å². The van der Waals surface area contributed by atoms with Crippen LogP contribution >= 0.6 is 35.6 Å². The molecule has 8 nitrogen and oxygen atoms in total. The van der Waals surface area contributed by atoms with E-state index in [0.29, 0.717) is 40.1 Å². The maximum absolute atomic E-state index is 10.9. The van der Waals surface area contributed by atoms with Crippen LogP contribution in [0.3, 0.4) is 0 Å². The van der Waals surface area contributed by atoms with Crippen molar-refractivity contribution in [3.05, 3.63) is 95.2 Å². The molecule has 212 valence electrons. The Labute approximate surface area is 255 Å². The Kier molecular flexibility index (Phi) is 9.27. The van der Waals surface area contributed by atoms with Crippen LogP contribution in [0.5, 0.6) is 0 Å². The van der Waals surface area contributed by atoms with Gasteiger partial charge in [-0.25, -0.2) is 15.0 Å². The number of benzene rings is 3. The molecular formula is C30H30Cl3N7O. The third kappa shape index (κ3) is 6.27. The lowest BCUT2D eigenvalue weighted by atomic mass is 10.2. The number of anilines is 2. The van der Waals surface area contributed by atoms with Crippen LogP contribution in [0.2, 0.25) is 10.0 Å². The molecule has 1 saturated heterocycles. The van der Waals surface area contributed by atoms with Crippen LogP contribution in [-0.2, 0) is 0 Å². The first-order chi connectivity index (χ1) is 19.6. The first kappa shape index (κ1) is 29.1. The van der Waals surface area contributed by atoms with Gasteiger partial charge in [-0.05, 0) is 24.3 Å². The zero-order chi connectivity index (χ0) is 27.5. The average molecular weight is 611 g/mol. The topological polar surface area (TPSA) is 82.3 Å². The Morgan fingerprint density at radius 1 is 0.854 bits per heavy atom. The van der Waals surface area contributed by atoms with E-state index < -0.39 is 6.10 Å². The molecule has 0 saturated carbocycles. The summed E-state index contributed by atoms with van der Waals surface area (Å²) in [5.74, 6) is 1.37. The van der Waals surface area contributed by atoms with Crippen LogP contribution in [0.1, 0.15) is 0 Å². The molecule has 0 amide bonds. The standard InChI is InChI=1S/C30H29Cl2N7O.ClH/c31-24-12-7-13-25(26(24)32)38-16-14-37(15-17-38)19-23(40)18-33-28-27-30(35-20-34-28)39(22-10-5-2-6-11-22)29(36-27)21-8-3-1-4-9-21;/h1-13,20,23,40H,14-19H2,(H,33,34,35);1H/t23-;/m1./s1. The van der Waals surface area contributed by atoms with Gasteiger partial charge in [0, 0.05) is 50.5 Å². The zero-order valence-corrected chi connectivity index (χ0v) is 24.5. The highest BCUT2D eigenvalue weighted by Crippen LogP contribution is 2.33. The number of aromatic nitrogens is 4. The number of aliphatic hydroxyl groups excluding tert-OH is 1. The summed E-state index contributed by atoms with van der Waals surface area (Å²) in [5.41, 5.74) is 4.26. The Hall–Kier alpha value is -3.40. The molecule has 0 unspecified atom stereocenters. The number of imidazole rings is 1. The van der Waals surface area contributed by atoms with Gasteiger partial charge in [-0.2, -0.15) is 0 Å². The minimum Gasteiger partial charge on any atom is -0.390 e. The number of para-hydroxylation sites is 1. The second-order valence-electron chi connectivity index (χ2n) is 9.76. The van der Waals surface area contributed by atoms with Gasteiger partial charge in [0.25, 0.3) is 0 Å². The van der Waals surface area contributed by atoms with Crippen molar-refractivity contribution < 1.29 is 5.11 Å². The molecule has 2 aromatic heterocycles. The van der Waals surface area contributed by atoms with Gasteiger partial charge in [0.05, 0.1) is 21.8 Å².